The summed E-state index contributed by atoms with van der Waals surface area (Å²) in [4.78, 5) is 12.6. The quantitative estimate of drug-likeness (QED) is 0.757. The smallest absolute Gasteiger partial charge is 0.261 e. The minimum Gasteiger partial charge on any atom is -0.481 e. The van der Waals surface area contributed by atoms with Crippen molar-refractivity contribution in [3.05, 3.63) is 65.2 Å². The molecule has 0 aliphatic rings. The van der Waals surface area contributed by atoms with Gasteiger partial charge in [0, 0.05) is 0 Å². The highest BCUT2D eigenvalue weighted by molar-refractivity contribution is 5.81. The van der Waals surface area contributed by atoms with Crippen LogP contribution in [0.25, 0.3) is 0 Å². The van der Waals surface area contributed by atoms with E-state index in [9.17, 15) is 4.79 Å². The molecule has 2 aromatic carbocycles. The highest BCUT2D eigenvalue weighted by Gasteiger charge is 2.20. The number of carbonyl (C=O) groups is 1. The average molecular weight is 339 g/mol. The van der Waals surface area contributed by atoms with Gasteiger partial charge in [-0.05, 0) is 43.4 Å². The van der Waals surface area contributed by atoms with Crippen molar-refractivity contribution in [2.45, 2.75) is 59.1 Å². The summed E-state index contributed by atoms with van der Waals surface area (Å²) >= 11 is 0. The van der Waals surface area contributed by atoms with Gasteiger partial charge in [-0.3, -0.25) is 4.79 Å². The maximum Gasteiger partial charge on any atom is 0.261 e. The first-order chi connectivity index (χ1) is 11.9. The van der Waals surface area contributed by atoms with E-state index in [0.29, 0.717) is 5.92 Å². The van der Waals surface area contributed by atoms with Gasteiger partial charge in [-0.15, -0.1) is 0 Å². The van der Waals surface area contributed by atoms with Crippen LogP contribution in [0.5, 0.6) is 5.75 Å². The van der Waals surface area contributed by atoms with Gasteiger partial charge in [0.05, 0.1) is 6.04 Å². The number of hydrogen-bond acceptors (Lipinski definition) is 2. The molecule has 2 atom stereocenters. The van der Waals surface area contributed by atoms with E-state index in [0.717, 1.165) is 23.3 Å². The fourth-order valence-corrected chi connectivity index (χ4v) is 2.82. The molecule has 2 rings (SSSR count). The van der Waals surface area contributed by atoms with Crippen molar-refractivity contribution < 1.29 is 9.53 Å². The second-order valence-corrected chi connectivity index (χ2v) is 6.83. The van der Waals surface area contributed by atoms with Crippen LogP contribution in [0.4, 0.5) is 0 Å². The summed E-state index contributed by atoms with van der Waals surface area (Å²) in [7, 11) is 0. The van der Waals surface area contributed by atoms with E-state index >= 15 is 0 Å². The maximum atomic E-state index is 12.6. The number of amides is 1. The summed E-state index contributed by atoms with van der Waals surface area (Å²) < 4.78 is 5.96. The molecule has 0 unspecified atom stereocenters. The van der Waals surface area contributed by atoms with Crippen molar-refractivity contribution in [2.75, 3.05) is 0 Å². The number of carbonyl (C=O) groups excluding carboxylic acids is 1. The highest BCUT2D eigenvalue weighted by atomic mass is 16.5. The SMILES string of the molecule is CC[C@H](NC(=O)[C@@H](C)Oc1ccccc1C(C)C)c1ccc(C)cc1. The maximum absolute atomic E-state index is 12.6. The molecule has 3 nitrogen and oxygen atoms in total. The van der Waals surface area contributed by atoms with Crippen molar-refractivity contribution in [3.8, 4) is 5.75 Å². The zero-order valence-electron chi connectivity index (χ0n) is 15.9. The molecule has 0 aliphatic carbocycles. The number of ether oxygens (including phenoxy) is 1. The molecule has 3 heteroatoms. The van der Waals surface area contributed by atoms with Gasteiger partial charge in [0.2, 0.25) is 0 Å². The van der Waals surface area contributed by atoms with Crippen LogP contribution in [0.3, 0.4) is 0 Å². The molecule has 0 saturated heterocycles. The molecule has 25 heavy (non-hydrogen) atoms. The molecule has 0 radical (unpaired) electrons. The monoisotopic (exact) mass is 339 g/mol. The number of aryl methyl sites for hydroxylation is 1. The molecule has 0 aromatic heterocycles. The number of benzene rings is 2. The van der Waals surface area contributed by atoms with Crippen molar-refractivity contribution in [3.63, 3.8) is 0 Å². The Hall–Kier alpha value is -2.29. The van der Waals surface area contributed by atoms with Gasteiger partial charge in [-0.1, -0.05) is 68.8 Å². The van der Waals surface area contributed by atoms with Crippen molar-refractivity contribution in [2.24, 2.45) is 0 Å². The number of para-hydroxylation sites is 1. The standard InChI is InChI=1S/C22H29NO2/c1-6-20(18-13-11-16(4)12-14-18)23-22(24)17(5)25-21-10-8-7-9-19(21)15(2)3/h7-15,17,20H,6H2,1-5H3,(H,23,24)/t17-,20+/m1/s1. The predicted molar refractivity (Wildman–Crippen MR) is 103 cm³/mol. The second-order valence-electron chi connectivity index (χ2n) is 6.83. The molecule has 2 aromatic rings. The lowest BCUT2D eigenvalue weighted by Gasteiger charge is -2.22. The average Bonchev–Trinajstić information content (AvgIpc) is 2.60. The summed E-state index contributed by atoms with van der Waals surface area (Å²) in [6, 6.07) is 16.2. The Labute approximate surface area is 151 Å². The second kappa shape index (κ2) is 8.70. The van der Waals surface area contributed by atoms with Crippen molar-refractivity contribution >= 4 is 5.91 Å². The molecular formula is C22H29NO2. The van der Waals surface area contributed by atoms with Gasteiger partial charge < -0.3 is 10.1 Å². The first-order valence-corrected chi connectivity index (χ1v) is 9.04. The third kappa shape index (κ3) is 5.09. The van der Waals surface area contributed by atoms with Crippen LogP contribution in [0.15, 0.2) is 48.5 Å². The Bertz CT molecular complexity index is 691. The van der Waals surface area contributed by atoms with E-state index in [4.69, 9.17) is 4.74 Å². The zero-order chi connectivity index (χ0) is 18.4. The van der Waals surface area contributed by atoms with Crippen molar-refractivity contribution in [1.29, 1.82) is 0 Å². The molecule has 0 aliphatic heterocycles. The summed E-state index contributed by atoms with van der Waals surface area (Å²) in [5, 5.41) is 3.11. The summed E-state index contributed by atoms with van der Waals surface area (Å²) in [5.41, 5.74) is 3.45. The van der Waals surface area contributed by atoms with Crippen LogP contribution in [0, 0.1) is 6.92 Å². The lowest BCUT2D eigenvalue weighted by molar-refractivity contribution is -0.128. The Kier molecular flexibility index (Phi) is 6.63. The largest absolute Gasteiger partial charge is 0.481 e. The topological polar surface area (TPSA) is 38.3 Å². The first kappa shape index (κ1) is 19.0. The Morgan fingerprint density at radius 3 is 2.28 bits per heavy atom. The third-order valence-corrected chi connectivity index (χ3v) is 4.42. The van der Waals surface area contributed by atoms with E-state index in [2.05, 4.69) is 57.3 Å². The first-order valence-electron chi connectivity index (χ1n) is 9.04. The third-order valence-electron chi connectivity index (χ3n) is 4.42. The van der Waals surface area contributed by atoms with Crippen LogP contribution in [-0.2, 0) is 4.79 Å². The molecule has 0 spiro atoms. The molecule has 1 N–H and O–H groups in total. The van der Waals surface area contributed by atoms with E-state index in [-0.39, 0.29) is 11.9 Å². The van der Waals surface area contributed by atoms with Crippen LogP contribution >= 0.6 is 0 Å². The minimum absolute atomic E-state index is 0.000470. The summed E-state index contributed by atoms with van der Waals surface area (Å²) in [6.45, 7) is 10.2. The van der Waals surface area contributed by atoms with Gasteiger partial charge >= 0.3 is 0 Å². The molecule has 1 amide bonds. The van der Waals surface area contributed by atoms with E-state index in [1.165, 1.54) is 5.56 Å². The van der Waals surface area contributed by atoms with Crippen LogP contribution in [0.1, 0.15) is 62.8 Å². The van der Waals surface area contributed by atoms with Gasteiger partial charge in [-0.25, -0.2) is 0 Å². The fraction of sp³-hybridized carbons (Fsp3) is 0.409. The Balaban J connectivity index is 2.05. The highest BCUT2D eigenvalue weighted by Crippen LogP contribution is 2.27. The summed E-state index contributed by atoms with van der Waals surface area (Å²) in [5.74, 6) is 1.04. The lowest BCUT2D eigenvalue weighted by atomic mass is 10.0. The predicted octanol–water partition coefficient (Wildman–Crippen LogP) is 5.15. The Morgan fingerprint density at radius 2 is 1.68 bits per heavy atom. The van der Waals surface area contributed by atoms with E-state index < -0.39 is 6.10 Å². The fourth-order valence-electron chi connectivity index (χ4n) is 2.82. The molecule has 0 bridgehead atoms. The van der Waals surface area contributed by atoms with Gasteiger partial charge in [-0.2, -0.15) is 0 Å². The molecule has 0 fully saturated rings. The normalized spacial score (nSPS) is 13.4. The summed E-state index contributed by atoms with van der Waals surface area (Å²) in [6.07, 6.45) is 0.295. The molecule has 0 heterocycles. The number of nitrogens with one attached hydrogen (secondary N) is 1. The molecular weight excluding hydrogens is 310 g/mol. The van der Waals surface area contributed by atoms with Crippen LogP contribution in [-0.4, -0.2) is 12.0 Å². The van der Waals surface area contributed by atoms with Crippen LogP contribution in [0.2, 0.25) is 0 Å². The zero-order valence-corrected chi connectivity index (χ0v) is 15.9. The van der Waals surface area contributed by atoms with E-state index in [1.807, 2.05) is 24.3 Å². The Morgan fingerprint density at radius 1 is 1.04 bits per heavy atom. The van der Waals surface area contributed by atoms with Crippen molar-refractivity contribution in [1.82, 2.24) is 5.32 Å². The lowest BCUT2D eigenvalue weighted by Crippen LogP contribution is -2.38. The number of hydrogen-bond donors (Lipinski definition) is 1. The van der Waals surface area contributed by atoms with Crippen LogP contribution < -0.4 is 10.1 Å². The van der Waals surface area contributed by atoms with Gasteiger partial charge in [0.1, 0.15) is 5.75 Å². The van der Waals surface area contributed by atoms with Gasteiger partial charge in [0.15, 0.2) is 6.10 Å². The van der Waals surface area contributed by atoms with E-state index in [1.54, 1.807) is 6.92 Å². The van der Waals surface area contributed by atoms with Gasteiger partial charge in [0.25, 0.3) is 5.91 Å². The minimum atomic E-state index is -0.542. The number of rotatable bonds is 7. The molecule has 134 valence electrons. The molecule has 0 saturated carbocycles.